The molecule has 2 saturated heterocycles. The highest BCUT2D eigenvalue weighted by atomic mass is 16.7. The second kappa shape index (κ2) is 9.33. The Labute approximate surface area is 201 Å². The number of nitrogens with zero attached hydrogens (tertiary/aromatic N) is 1. The zero-order chi connectivity index (χ0) is 23.0. The molecule has 1 saturated carbocycles. The molecule has 0 bridgehead atoms. The highest BCUT2D eigenvalue weighted by molar-refractivity contribution is 5.94. The van der Waals surface area contributed by atoms with Gasteiger partial charge in [-0.3, -0.25) is 9.69 Å². The molecule has 1 amide bonds. The molecule has 0 aromatic heterocycles. The lowest BCUT2D eigenvalue weighted by atomic mass is 9.89. The standard InChI is InChI=1S/C28H34N2O4/c31-27(29-24-10-16-32-17-11-24)21-6-4-20(5-7-21)22-8-9-26-23(18-22)19-33-28(34-26)12-14-30(15-13-28)25-2-1-3-25/h4-9,18,24-25H,1-3,10-17,19H2,(H,29,31). The predicted octanol–water partition coefficient (Wildman–Crippen LogP) is 4.52. The summed E-state index contributed by atoms with van der Waals surface area (Å²) >= 11 is 0. The van der Waals surface area contributed by atoms with Crippen molar-refractivity contribution in [2.75, 3.05) is 26.3 Å². The number of rotatable bonds is 4. The summed E-state index contributed by atoms with van der Waals surface area (Å²) in [5.74, 6) is 0.465. The first-order chi connectivity index (χ1) is 16.7. The molecule has 6 heteroatoms. The van der Waals surface area contributed by atoms with E-state index in [1.165, 1.54) is 19.3 Å². The normalized spacial score (nSPS) is 23.1. The Bertz CT molecular complexity index is 1020. The molecule has 6 rings (SSSR count). The summed E-state index contributed by atoms with van der Waals surface area (Å²) in [4.78, 5) is 15.2. The van der Waals surface area contributed by atoms with Crippen LogP contribution < -0.4 is 10.1 Å². The molecule has 34 heavy (non-hydrogen) atoms. The molecular weight excluding hydrogens is 428 g/mol. The highest BCUT2D eigenvalue weighted by Gasteiger charge is 2.42. The van der Waals surface area contributed by atoms with Gasteiger partial charge < -0.3 is 19.5 Å². The third-order valence-electron chi connectivity index (χ3n) is 8.04. The van der Waals surface area contributed by atoms with E-state index >= 15 is 0 Å². The molecule has 3 heterocycles. The van der Waals surface area contributed by atoms with Crippen molar-refractivity contribution in [1.29, 1.82) is 0 Å². The fourth-order valence-corrected chi connectivity index (χ4v) is 5.56. The van der Waals surface area contributed by atoms with E-state index in [-0.39, 0.29) is 11.9 Å². The number of carbonyl (C=O) groups excluding carboxylic acids is 1. The number of hydrogen-bond acceptors (Lipinski definition) is 5. The van der Waals surface area contributed by atoms with Crippen molar-refractivity contribution in [3.63, 3.8) is 0 Å². The van der Waals surface area contributed by atoms with Gasteiger partial charge in [-0.25, -0.2) is 0 Å². The highest BCUT2D eigenvalue weighted by Crippen LogP contribution is 2.40. The first-order valence-corrected chi connectivity index (χ1v) is 12.9. The van der Waals surface area contributed by atoms with Gasteiger partial charge in [-0.05, 0) is 61.1 Å². The van der Waals surface area contributed by atoms with Crippen molar-refractivity contribution in [3.8, 4) is 16.9 Å². The van der Waals surface area contributed by atoms with E-state index in [4.69, 9.17) is 14.2 Å². The number of likely N-dealkylation sites (tertiary alicyclic amines) is 1. The maximum absolute atomic E-state index is 12.6. The molecule has 4 aliphatic rings. The van der Waals surface area contributed by atoms with Crippen LogP contribution in [0.5, 0.6) is 5.75 Å². The van der Waals surface area contributed by atoms with E-state index in [9.17, 15) is 4.79 Å². The zero-order valence-electron chi connectivity index (χ0n) is 19.8. The van der Waals surface area contributed by atoms with Gasteiger partial charge in [-0.15, -0.1) is 0 Å². The average Bonchev–Trinajstić information content (AvgIpc) is 2.85. The third kappa shape index (κ3) is 4.47. The van der Waals surface area contributed by atoms with Gasteiger partial charge >= 0.3 is 0 Å². The van der Waals surface area contributed by atoms with Crippen molar-refractivity contribution >= 4 is 5.91 Å². The maximum Gasteiger partial charge on any atom is 0.251 e. The van der Waals surface area contributed by atoms with Crippen molar-refractivity contribution in [2.45, 2.75) is 69.4 Å². The van der Waals surface area contributed by atoms with Gasteiger partial charge in [-0.2, -0.15) is 0 Å². The smallest absolute Gasteiger partial charge is 0.251 e. The van der Waals surface area contributed by atoms with Crippen LogP contribution in [-0.4, -0.2) is 55.0 Å². The predicted molar refractivity (Wildman–Crippen MR) is 130 cm³/mol. The van der Waals surface area contributed by atoms with Crippen LogP contribution in [0.4, 0.5) is 0 Å². The summed E-state index contributed by atoms with van der Waals surface area (Å²) in [7, 11) is 0. The lowest BCUT2D eigenvalue weighted by molar-refractivity contribution is -0.231. The van der Waals surface area contributed by atoms with Crippen molar-refractivity contribution in [2.24, 2.45) is 0 Å². The van der Waals surface area contributed by atoms with E-state index in [0.717, 1.165) is 80.5 Å². The van der Waals surface area contributed by atoms with Gasteiger partial charge in [0, 0.05) is 62.4 Å². The minimum absolute atomic E-state index is 0.0145. The van der Waals surface area contributed by atoms with E-state index in [0.29, 0.717) is 12.2 Å². The molecule has 3 fully saturated rings. The summed E-state index contributed by atoms with van der Waals surface area (Å²) in [5.41, 5.74) is 3.97. The number of carbonyl (C=O) groups is 1. The number of hydrogen-bond donors (Lipinski definition) is 1. The fourth-order valence-electron chi connectivity index (χ4n) is 5.56. The molecule has 0 radical (unpaired) electrons. The van der Waals surface area contributed by atoms with Crippen molar-refractivity contribution < 1.29 is 19.0 Å². The maximum atomic E-state index is 12.6. The van der Waals surface area contributed by atoms with Crippen LogP contribution in [0, 0.1) is 0 Å². The molecule has 180 valence electrons. The molecule has 1 spiro atoms. The summed E-state index contributed by atoms with van der Waals surface area (Å²) in [6.45, 7) is 4.14. The van der Waals surface area contributed by atoms with Crippen LogP contribution in [0.2, 0.25) is 0 Å². The molecule has 2 aromatic rings. The van der Waals surface area contributed by atoms with Crippen LogP contribution in [0.1, 0.15) is 60.9 Å². The Hall–Kier alpha value is -2.41. The number of amides is 1. The molecule has 1 aliphatic carbocycles. The number of ether oxygens (including phenoxy) is 3. The van der Waals surface area contributed by atoms with Gasteiger partial charge in [0.25, 0.3) is 5.91 Å². The fraction of sp³-hybridized carbons (Fsp3) is 0.536. The minimum Gasteiger partial charge on any atom is -0.462 e. The Kier molecular flexibility index (Phi) is 6.06. The summed E-state index contributed by atoms with van der Waals surface area (Å²) in [6.07, 6.45) is 7.70. The van der Waals surface area contributed by atoms with Crippen LogP contribution >= 0.6 is 0 Å². The van der Waals surface area contributed by atoms with Gasteiger partial charge in [0.1, 0.15) is 5.75 Å². The van der Waals surface area contributed by atoms with Crippen LogP contribution in [0.3, 0.4) is 0 Å². The molecule has 1 N–H and O–H groups in total. The number of piperidine rings is 1. The van der Waals surface area contributed by atoms with Crippen LogP contribution in [0.25, 0.3) is 11.1 Å². The molecule has 2 aromatic carbocycles. The summed E-state index contributed by atoms with van der Waals surface area (Å²) < 4.78 is 18.1. The van der Waals surface area contributed by atoms with E-state index < -0.39 is 5.79 Å². The Morgan fingerprint density at radius 3 is 2.38 bits per heavy atom. The van der Waals surface area contributed by atoms with Gasteiger partial charge in [0.2, 0.25) is 5.79 Å². The molecule has 0 unspecified atom stereocenters. The van der Waals surface area contributed by atoms with Gasteiger partial charge in [0.15, 0.2) is 0 Å². The van der Waals surface area contributed by atoms with Gasteiger partial charge in [0.05, 0.1) is 6.61 Å². The lowest BCUT2D eigenvalue weighted by Gasteiger charge is -2.47. The SMILES string of the molecule is O=C(NC1CCOCC1)c1ccc(-c2ccc3c(c2)COC2(CCN(C4CCC4)CC2)O3)cc1. The topological polar surface area (TPSA) is 60.0 Å². The monoisotopic (exact) mass is 462 g/mol. The van der Waals surface area contributed by atoms with E-state index in [2.05, 4.69) is 28.4 Å². The van der Waals surface area contributed by atoms with Crippen molar-refractivity contribution in [1.82, 2.24) is 10.2 Å². The number of fused-ring (bicyclic) bond motifs is 1. The molecule has 6 nitrogen and oxygen atoms in total. The number of benzene rings is 2. The Balaban J connectivity index is 1.10. The Morgan fingerprint density at radius 1 is 0.941 bits per heavy atom. The minimum atomic E-state index is -0.464. The average molecular weight is 463 g/mol. The first kappa shape index (κ1) is 22.1. The lowest BCUT2D eigenvalue weighted by Crippen LogP contribution is -2.54. The Morgan fingerprint density at radius 2 is 1.68 bits per heavy atom. The van der Waals surface area contributed by atoms with E-state index in [1.54, 1.807) is 0 Å². The summed E-state index contributed by atoms with van der Waals surface area (Å²) in [5, 5.41) is 3.12. The summed E-state index contributed by atoms with van der Waals surface area (Å²) in [6, 6.07) is 15.2. The first-order valence-electron chi connectivity index (χ1n) is 12.9. The van der Waals surface area contributed by atoms with E-state index in [1.807, 2.05) is 24.3 Å². The molecule has 3 aliphatic heterocycles. The quantitative estimate of drug-likeness (QED) is 0.724. The van der Waals surface area contributed by atoms with Crippen molar-refractivity contribution in [3.05, 3.63) is 53.6 Å². The number of nitrogens with one attached hydrogen (secondary N) is 1. The second-order valence-electron chi connectivity index (χ2n) is 10.2. The zero-order valence-corrected chi connectivity index (χ0v) is 19.8. The van der Waals surface area contributed by atoms with Crippen LogP contribution in [0.15, 0.2) is 42.5 Å². The van der Waals surface area contributed by atoms with Gasteiger partial charge in [-0.1, -0.05) is 24.6 Å². The third-order valence-corrected chi connectivity index (χ3v) is 8.04. The second-order valence-corrected chi connectivity index (χ2v) is 10.2. The molecular formula is C28H34N2O4. The van der Waals surface area contributed by atoms with Crippen LogP contribution in [-0.2, 0) is 16.1 Å². The largest absolute Gasteiger partial charge is 0.462 e. The molecule has 0 atom stereocenters.